The van der Waals surface area contributed by atoms with Crippen LogP contribution in [0.5, 0.6) is 0 Å². The van der Waals surface area contributed by atoms with Crippen LogP contribution >= 0.6 is 0 Å². The molecule has 0 bridgehead atoms. The number of rotatable bonds is 2. The molecular formula is C12H20N4. The zero-order valence-electron chi connectivity index (χ0n) is 9.95. The molecule has 0 spiro atoms. The van der Waals surface area contributed by atoms with E-state index in [0.717, 1.165) is 30.7 Å². The summed E-state index contributed by atoms with van der Waals surface area (Å²) in [7, 11) is 0. The monoisotopic (exact) mass is 220 g/mol. The molecular weight excluding hydrogens is 200 g/mol. The second-order valence-electron chi connectivity index (χ2n) is 4.98. The first-order valence-electron chi connectivity index (χ1n) is 6.57. The first kappa shape index (κ1) is 10.1. The third kappa shape index (κ3) is 1.60. The zero-order chi connectivity index (χ0) is 11.0. The van der Waals surface area contributed by atoms with Gasteiger partial charge in [0.1, 0.15) is 0 Å². The SMILES string of the molecule is CCc1nc2n(n1)C(C1CCCC1)CCN2. The van der Waals surface area contributed by atoms with Gasteiger partial charge in [-0.25, -0.2) is 4.68 Å². The summed E-state index contributed by atoms with van der Waals surface area (Å²) >= 11 is 0. The molecule has 1 aromatic heterocycles. The highest BCUT2D eigenvalue weighted by Gasteiger charge is 2.31. The van der Waals surface area contributed by atoms with Crippen molar-refractivity contribution in [1.82, 2.24) is 14.8 Å². The zero-order valence-corrected chi connectivity index (χ0v) is 9.95. The Kier molecular flexibility index (Phi) is 2.58. The first-order chi connectivity index (χ1) is 7.88. The van der Waals surface area contributed by atoms with Crippen molar-refractivity contribution >= 4 is 5.95 Å². The lowest BCUT2D eigenvalue weighted by Gasteiger charge is -2.28. The van der Waals surface area contributed by atoms with Gasteiger partial charge < -0.3 is 5.32 Å². The maximum Gasteiger partial charge on any atom is 0.221 e. The van der Waals surface area contributed by atoms with Gasteiger partial charge in [0.25, 0.3) is 0 Å². The van der Waals surface area contributed by atoms with Gasteiger partial charge in [-0.05, 0) is 25.2 Å². The molecule has 1 N–H and O–H groups in total. The molecule has 1 atom stereocenters. The van der Waals surface area contributed by atoms with Gasteiger partial charge in [0.15, 0.2) is 5.82 Å². The van der Waals surface area contributed by atoms with E-state index < -0.39 is 0 Å². The van der Waals surface area contributed by atoms with E-state index in [4.69, 9.17) is 0 Å². The van der Waals surface area contributed by atoms with Crippen molar-refractivity contribution in [2.75, 3.05) is 11.9 Å². The Bertz CT molecular complexity index is 365. The van der Waals surface area contributed by atoms with Crippen LogP contribution in [0.1, 0.15) is 50.9 Å². The molecule has 2 heterocycles. The van der Waals surface area contributed by atoms with Gasteiger partial charge in [0.2, 0.25) is 5.95 Å². The van der Waals surface area contributed by atoms with Crippen LogP contribution in [0, 0.1) is 5.92 Å². The first-order valence-corrected chi connectivity index (χ1v) is 6.57. The highest BCUT2D eigenvalue weighted by molar-refractivity contribution is 5.28. The van der Waals surface area contributed by atoms with Crippen LogP contribution in [0.4, 0.5) is 5.95 Å². The number of hydrogen-bond donors (Lipinski definition) is 1. The second-order valence-corrected chi connectivity index (χ2v) is 4.98. The highest BCUT2D eigenvalue weighted by atomic mass is 15.4. The normalized spacial score (nSPS) is 25.4. The third-order valence-corrected chi connectivity index (χ3v) is 3.97. The summed E-state index contributed by atoms with van der Waals surface area (Å²) in [4.78, 5) is 4.53. The van der Waals surface area contributed by atoms with Crippen molar-refractivity contribution < 1.29 is 0 Å². The van der Waals surface area contributed by atoms with Gasteiger partial charge >= 0.3 is 0 Å². The van der Waals surface area contributed by atoms with Gasteiger partial charge in [0, 0.05) is 13.0 Å². The summed E-state index contributed by atoms with van der Waals surface area (Å²) < 4.78 is 2.16. The van der Waals surface area contributed by atoms with Crippen molar-refractivity contribution in [3.63, 3.8) is 0 Å². The van der Waals surface area contributed by atoms with Crippen molar-refractivity contribution in [3.05, 3.63) is 5.82 Å². The van der Waals surface area contributed by atoms with E-state index in [1.165, 1.54) is 32.1 Å². The lowest BCUT2D eigenvalue weighted by molar-refractivity contribution is 0.288. The topological polar surface area (TPSA) is 42.7 Å². The van der Waals surface area contributed by atoms with E-state index >= 15 is 0 Å². The number of aromatic nitrogens is 3. The van der Waals surface area contributed by atoms with Gasteiger partial charge in [-0.2, -0.15) is 10.1 Å². The molecule has 1 saturated carbocycles. The van der Waals surface area contributed by atoms with E-state index in [9.17, 15) is 0 Å². The smallest absolute Gasteiger partial charge is 0.221 e. The molecule has 0 aromatic carbocycles. The molecule has 3 rings (SSSR count). The van der Waals surface area contributed by atoms with Crippen LogP contribution < -0.4 is 5.32 Å². The van der Waals surface area contributed by atoms with Gasteiger partial charge in [-0.3, -0.25) is 0 Å². The Labute approximate surface area is 96.4 Å². The minimum absolute atomic E-state index is 0.603. The largest absolute Gasteiger partial charge is 0.354 e. The molecule has 4 heteroatoms. The fourth-order valence-electron chi connectivity index (χ4n) is 3.10. The quantitative estimate of drug-likeness (QED) is 0.832. The molecule has 0 saturated heterocycles. The number of anilines is 1. The number of aryl methyl sites for hydroxylation is 1. The fourth-order valence-corrected chi connectivity index (χ4v) is 3.10. The Balaban J connectivity index is 1.89. The van der Waals surface area contributed by atoms with Crippen LogP contribution in [0.15, 0.2) is 0 Å². The Morgan fingerprint density at radius 2 is 2.12 bits per heavy atom. The van der Waals surface area contributed by atoms with E-state index in [-0.39, 0.29) is 0 Å². The minimum Gasteiger partial charge on any atom is -0.354 e. The number of hydrogen-bond acceptors (Lipinski definition) is 3. The van der Waals surface area contributed by atoms with E-state index in [1.807, 2.05) is 0 Å². The molecule has 88 valence electrons. The average molecular weight is 220 g/mol. The predicted octanol–water partition coefficient (Wildman–Crippen LogP) is 2.39. The summed E-state index contributed by atoms with van der Waals surface area (Å²) in [5, 5.41) is 8.00. The predicted molar refractivity (Wildman–Crippen MR) is 63.5 cm³/mol. The average Bonchev–Trinajstić information content (AvgIpc) is 2.97. The van der Waals surface area contributed by atoms with Gasteiger partial charge in [-0.15, -0.1) is 0 Å². The van der Waals surface area contributed by atoms with Crippen molar-refractivity contribution in [2.45, 2.75) is 51.5 Å². The van der Waals surface area contributed by atoms with Gasteiger partial charge in [0.05, 0.1) is 6.04 Å². The minimum atomic E-state index is 0.603. The van der Waals surface area contributed by atoms with Gasteiger partial charge in [-0.1, -0.05) is 19.8 Å². The van der Waals surface area contributed by atoms with E-state index in [1.54, 1.807) is 0 Å². The molecule has 4 nitrogen and oxygen atoms in total. The summed E-state index contributed by atoms with van der Waals surface area (Å²) in [6, 6.07) is 0.603. The Morgan fingerprint density at radius 3 is 2.88 bits per heavy atom. The van der Waals surface area contributed by atoms with Crippen LogP contribution in [-0.4, -0.2) is 21.3 Å². The third-order valence-electron chi connectivity index (χ3n) is 3.97. The van der Waals surface area contributed by atoms with Crippen LogP contribution in [0.3, 0.4) is 0 Å². The maximum atomic E-state index is 4.64. The standard InChI is InChI=1S/C12H20N4/c1-2-11-14-12-13-8-7-10(16(12)15-11)9-5-3-4-6-9/h9-10H,2-8H2,1H3,(H,13,14,15). The van der Waals surface area contributed by atoms with Crippen molar-refractivity contribution in [3.8, 4) is 0 Å². The van der Waals surface area contributed by atoms with Crippen molar-refractivity contribution in [1.29, 1.82) is 0 Å². The van der Waals surface area contributed by atoms with Crippen LogP contribution in [-0.2, 0) is 6.42 Å². The molecule has 0 amide bonds. The Hall–Kier alpha value is -1.06. The summed E-state index contributed by atoms with van der Waals surface area (Å²) in [6.45, 7) is 3.18. The Morgan fingerprint density at radius 1 is 1.31 bits per heavy atom. The molecule has 0 radical (unpaired) electrons. The van der Waals surface area contributed by atoms with Crippen molar-refractivity contribution in [2.24, 2.45) is 5.92 Å². The summed E-state index contributed by atoms with van der Waals surface area (Å²) in [6.07, 6.45) is 7.71. The molecule has 1 aliphatic carbocycles. The van der Waals surface area contributed by atoms with Crippen LogP contribution in [0.25, 0.3) is 0 Å². The maximum absolute atomic E-state index is 4.64. The molecule has 1 fully saturated rings. The molecule has 2 aliphatic rings. The highest BCUT2D eigenvalue weighted by Crippen LogP contribution is 2.38. The molecule has 1 aliphatic heterocycles. The lowest BCUT2D eigenvalue weighted by atomic mass is 9.95. The van der Waals surface area contributed by atoms with E-state index in [2.05, 4.69) is 27.0 Å². The number of nitrogens with zero attached hydrogens (tertiary/aromatic N) is 3. The summed E-state index contributed by atoms with van der Waals surface area (Å²) in [5.41, 5.74) is 0. The number of fused-ring (bicyclic) bond motifs is 1. The molecule has 1 aromatic rings. The fraction of sp³-hybridized carbons (Fsp3) is 0.833. The number of nitrogens with one attached hydrogen (secondary N) is 1. The van der Waals surface area contributed by atoms with E-state index in [0.29, 0.717) is 6.04 Å². The lowest BCUT2D eigenvalue weighted by Crippen LogP contribution is -2.28. The second kappa shape index (κ2) is 4.07. The molecule has 1 unspecified atom stereocenters. The van der Waals surface area contributed by atoms with Crippen LogP contribution in [0.2, 0.25) is 0 Å². The molecule has 16 heavy (non-hydrogen) atoms. The summed E-state index contributed by atoms with van der Waals surface area (Å²) in [5.74, 6) is 2.82.